The number of aromatic amines is 1. The number of carbonyl (C=O) groups excluding carboxylic acids is 2. The van der Waals surface area contributed by atoms with Crippen molar-refractivity contribution in [2.75, 3.05) is 7.11 Å². The second-order valence-corrected chi connectivity index (χ2v) is 6.98. The monoisotopic (exact) mass is 411 g/mol. The Morgan fingerprint density at radius 2 is 1.84 bits per heavy atom. The molecule has 4 aromatic rings. The Bertz CT molecular complexity index is 1370. The number of fused-ring (bicyclic) bond motifs is 2. The van der Waals surface area contributed by atoms with Crippen LogP contribution in [0.2, 0.25) is 0 Å². The second kappa shape index (κ2) is 7.50. The maximum Gasteiger partial charge on any atom is 0.347 e. The summed E-state index contributed by atoms with van der Waals surface area (Å²) in [6.07, 6.45) is 3.54. The highest BCUT2D eigenvalue weighted by atomic mass is 16.5. The number of H-pyrrole nitrogens is 1. The summed E-state index contributed by atoms with van der Waals surface area (Å²) in [5.41, 5.74) is 2.56. The van der Waals surface area contributed by atoms with E-state index in [0.29, 0.717) is 22.6 Å². The lowest BCUT2D eigenvalue weighted by Crippen LogP contribution is -2.10. The minimum Gasteiger partial charge on any atom is -0.496 e. The van der Waals surface area contributed by atoms with Crippen LogP contribution in [0.1, 0.15) is 26.3 Å². The number of hydrogen-bond acceptors (Lipinski definition) is 5. The number of aromatic nitrogens is 1. The number of ether oxygens (including phenoxy) is 3. The number of esters is 1. The Kier molecular flexibility index (Phi) is 4.52. The highest BCUT2D eigenvalue weighted by Gasteiger charge is 2.28. The van der Waals surface area contributed by atoms with Crippen LogP contribution < -0.4 is 14.2 Å². The van der Waals surface area contributed by atoms with E-state index in [1.165, 1.54) is 13.2 Å². The van der Waals surface area contributed by atoms with Crippen molar-refractivity contribution in [1.82, 2.24) is 4.98 Å². The van der Waals surface area contributed by atoms with Gasteiger partial charge < -0.3 is 19.2 Å². The van der Waals surface area contributed by atoms with Crippen LogP contribution in [-0.4, -0.2) is 23.8 Å². The molecule has 6 nitrogen and oxygen atoms in total. The van der Waals surface area contributed by atoms with Crippen LogP contribution >= 0.6 is 0 Å². The third-order valence-corrected chi connectivity index (χ3v) is 5.09. The molecule has 0 unspecified atom stereocenters. The van der Waals surface area contributed by atoms with E-state index < -0.39 is 5.97 Å². The van der Waals surface area contributed by atoms with E-state index in [4.69, 9.17) is 14.2 Å². The van der Waals surface area contributed by atoms with Gasteiger partial charge in [-0.2, -0.15) is 0 Å². The molecule has 0 radical (unpaired) electrons. The van der Waals surface area contributed by atoms with Crippen LogP contribution in [0.25, 0.3) is 17.0 Å². The highest BCUT2D eigenvalue weighted by Crippen LogP contribution is 2.36. The van der Waals surface area contributed by atoms with Gasteiger partial charge >= 0.3 is 5.97 Å². The minimum absolute atomic E-state index is 0.216. The molecule has 152 valence electrons. The predicted octanol–water partition coefficient (Wildman–Crippen LogP) is 5.01. The number of ketones is 1. The lowest BCUT2D eigenvalue weighted by atomic mass is 10.1. The summed E-state index contributed by atoms with van der Waals surface area (Å²) in [6, 6.07) is 19.3. The molecule has 0 aliphatic carbocycles. The van der Waals surface area contributed by atoms with Crippen molar-refractivity contribution in [3.05, 3.63) is 95.4 Å². The Morgan fingerprint density at radius 1 is 1.03 bits per heavy atom. The molecule has 0 atom stereocenters. The largest absolute Gasteiger partial charge is 0.496 e. The standard InChI is InChI=1S/C25H17NO5/c1-29-21-9-5-3-7-19(21)25(28)30-16-10-11-18-22(13-16)31-23(24(18)27)12-15-14-26-20-8-4-2-6-17(15)20/h2-14,26H,1H3. The Balaban J connectivity index is 1.41. The summed E-state index contributed by atoms with van der Waals surface area (Å²) in [5.74, 6) is 0.480. The fourth-order valence-corrected chi connectivity index (χ4v) is 3.56. The van der Waals surface area contributed by atoms with Crippen molar-refractivity contribution >= 4 is 28.7 Å². The summed E-state index contributed by atoms with van der Waals surface area (Å²) < 4.78 is 16.5. The fraction of sp³-hybridized carbons (Fsp3) is 0.0400. The molecule has 0 bridgehead atoms. The average molecular weight is 411 g/mol. The maximum atomic E-state index is 12.8. The van der Waals surface area contributed by atoms with Gasteiger partial charge in [0.2, 0.25) is 5.78 Å². The third-order valence-electron chi connectivity index (χ3n) is 5.09. The molecule has 2 heterocycles. The van der Waals surface area contributed by atoms with E-state index in [-0.39, 0.29) is 17.3 Å². The highest BCUT2D eigenvalue weighted by molar-refractivity contribution is 6.15. The molecule has 0 saturated heterocycles. The summed E-state index contributed by atoms with van der Waals surface area (Å²) in [7, 11) is 1.49. The summed E-state index contributed by atoms with van der Waals surface area (Å²) in [6.45, 7) is 0. The number of hydrogen-bond donors (Lipinski definition) is 1. The number of methoxy groups -OCH3 is 1. The van der Waals surface area contributed by atoms with Gasteiger partial charge in [0.1, 0.15) is 22.8 Å². The quantitative estimate of drug-likeness (QED) is 0.290. The number of carbonyl (C=O) groups is 2. The first kappa shape index (κ1) is 18.7. The molecule has 0 fully saturated rings. The van der Waals surface area contributed by atoms with Crippen LogP contribution in [0.4, 0.5) is 0 Å². The van der Waals surface area contributed by atoms with Gasteiger partial charge in [0.05, 0.1) is 12.7 Å². The van der Waals surface area contributed by atoms with Crippen molar-refractivity contribution in [3.63, 3.8) is 0 Å². The molecule has 31 heavy (non-hydrogen) atoms. The number of Topliss-reactive ketones (excluding diaryl/α,β-unsaturated/α-hetero) is 1. The summed E-state index contributed by atoms with van der Waals surface area (Å²) in [5, 5.41) is 0.994. The molecular formula is C25H17NO5. The third kappa shape index (κ3) is 3.34. The molecule has 1 N–H and O–H groups in total. The molecule has 1 aromatic heterocycles. The van der Waals surface area contributed by atoms with Gasteiger partial charge in [-0.3, -0.25) is 4.79 Å². The van der Waals surface area contributed by atoms with Crippen molar-refractivity contribution < 1.29 is 23.8 Å². The number of rotatable bonds is 4. The first-order chi connectivity index (χ1) is 15.1. The number of para-hydroxylation sites is 2. The van der Waals surface area contributed by atoms with Crippen molar-refractivity contribution in [2.24, 2.45) is 0 Å². The van der Waals surface area contributed by atoms with Crippen LogP contribution in [0.5, 0.6) is 17.2 Å². The number of nitrogens with one attached hydrogen (secondary N) is 1. The Labute approximate surface area is 177 Å². The first-order valence-electron chi connectivity index (χ1n) is 9.63. The Hall–Kier alpha value is -4.32. The average Bonchev–Trinajstić information content (AvgIpc) is 3.34. The smallest absolute Gasteiger partial charge is 0.347 e. The predicted molar refractivity (Wildman–Crippen MR) is 116 cm³/mol. The zero-order valence-electron chi connectivity index (χ0n) is 16.5. The van der Waals surface area contributed by atoms with Crippen LogP contribution in [0.15, 0.2) is 78.7 Å². The molecule has 1 aliphatic heterocycles. The minimum atomic E-state index is -0.559. The van der Waals surface area contributed by atoms with Crippen LogP contribution in [0.3, 0.4) is 0 Å². The molecule has 1 aliphatic rings. The first-order valence-corrected chi connectivity index (χ1v) is 9.63. The van der Waals surface area contributed by atoms with Crippen LogP contribution in [-0.2, 0) is 0 Å². The maximum absolute atomic E-state index is 12.8. The molecule has 3 aromatic carbocycles. The van der Waals surface area contributed by atoms with Gasteiger partial charge in [-0.05, 0) is 36.4 Å². The van der Waals surface area contributed by atoms with Crippen molar-refractivity contribution in [3.8, 4) is 17.2 Å². The molecule has 6 heteroatoms. The van der Waals surface area contributed by atoms with Gasteiger partial charge in [0.15, 0.2) is 5.76 Å². The molecule has 0 amide bonds. The van der Waals surface area contributed by atoms with E-state index in [1.807, 2.05) is 30.5 Å². The van der Waals surface area contributed by atoms with E-state index in [1.54, 1.807) is 42.5 Å². The molecule has 0 saturated carbocycles. The van der Waals surface area contributed by atoms with Gasteiger partial charge in [0, 0.05) is 28.7 Å². The van der Waals surface area contributed by atoms with E-state index in [9.17, 15) is 9.59 Å². The normalized spacial score (nSPS) is 13.8. The van der Waals surface area contributed by atoms with Crippen molar-refractivity contribution in [1.29, 1.82) is 0 Å². The number of benzene rings is 3. The zero-order valence-corrected chi connectivity index (χ0v) is 16.5. The van der Waals surface area contributed by atoms with E-state index in [2.05, 4.69) is 4.98 Å². The summed E-state index contributed by atoms with van der Waals surface area (Å²) >= 11 is 0. The topological polar surface area (TPSA) is 77.6 Å². The van der Waals surface area contributed by atoms with E-state index in [0.717, 1.165) is 16.5 Å². The van der Waals surface area contributed by atoms with Crippen LogP contribution in [0, 0.1) is 0 Å². The lowest BCUT2D eigenvalue weighted by Gasteiger charge is -2.08. The Morgan fingerprint density at radius 3 is 2.71 bits per heavy atom. The second-order valence-electron chi connectivity index (χ2n) is 6.98. The van der Waals surface area contributed by atoms with Gasteiger partial charge in [0.25, 0.3) is 0 Å². The van der Waals surface area contributed by atoms with Crippen molar-refractivity contribution in [2.45, 2.75) is 0 Å². The van der Waals surface area contributed by atoms with Gasteiger partial charge in [-0.1, -0.05) is 30.3 Å². The molecule has 5 rings (SSSR count). The van der Waals surface area contributed by atoms with E-state index >= 15 is 0 Å². The lowest BCUT2D eigenvalue weighted by molar-refractivity contribution is 0.0731. The zero-order chi connectivity index (χ0) is 21.4. The summed E-state index contributed by atoms with van der Waals surface area (Å²) in [4.78, 5) is 28.5. The fourth-order valence-electron chi connectivity index (χ4n) is 3.56. The molecular weight excluding hydrogens is 394 g/mol. The number of allylic oxidation sites excluding steroid dienone is 1. The SMILES string of the molecule is COc1ccccc1C(=O)Oc1ccc2c(c1)OC(=Cc1c[nH]c3ccccc13)C2=O. The molecule has 0 spiro atoms. The van der Waals surface area contributed by atoms with Gasteiger partial charge in [-0.25, -0.2) is 4.79 Å². The van der Waals surface area contributed by atoms with Gasteiger partial charge in [-0.15, -0.1) is 0 Å².